The van der Waals surface area contributed by atoms with Gasteiger partial charge in [0.15, 0.2) is 0 Å². The van der Waals surface area contributed by atoms with E-state index in [0.29, 0.717) is 32.3 Å². The lowest BCUT2D eigenvalue weighted by molar-refractivity contribution is -0.300. The van der Waals surface area contributed by atoms with Gasteiger partial charge < -0.3 is 14.2 Å². The first-order valence-corrected chi connectivity index (χ1v) is 9.60. The summed E-state index contributed by atoms with van der Waals surface area (Å²) >= 11 is 0. The Bertz CT molecular complexity index is 210. The Kier molecular flexibility index (Phi) is 19.0. The molecule has 0 aliphatic carbocycles. The molecule has 0 rings (SSSR count). The minimum Gasteiger partial charge on any atom is -0.381 e. The van der Waals surface area contributed by atoms with Crippen molar-refractivity contribution < 1.29 is 24.0 Å². The van der Waals surface area contributed by atoms with Crippen molar-refractivity contribution in [3.63, 3.8) is 0 Å². The Balaban J connectivity index is 2.98. The van der Waals surface area contributed by atoms with Gasteiger partial charge in [-0.25, -0.2) is 9.78 Å². The van der Waals surface area contributed by atoms with Crippen molar-refractivity contribution in [1.29, 1.82) is 0 Å². The Morgan fingerprint density at radius 3 is 1.62 bits per heavy atom. The summed E-state index contributed by atoms with van der Waals surface area (Å²) in [6, 6.07) is 0. The predicted molar refractivity (Wildman–Crippen MR) is 97.1 cm³/mol. The summed E-state index contributed by atoms with van der Waals surface area (Å²) in [5.41, 5.74) is 0. The zero-order valence-corrected chi connectivity index (χ0v) is 16.4. The van der Waals surface area contributed by atoms with Gasteiger partial charge in [-0.1, -0.05) is 27.7 Å². The number of hydrogen-bond acceptors (Lipinski definition) is 5. The molecule has 0 saturated heterocycles. The molecule has 24 heavy (non-hydrogen) atoms. The summed E-state index contributed by atoms with van der Waals surface area (Å²) in [6.45, 7) is 14.3. The van der Waals surface area contributed by atoms with Crippen molar-refractivity contribution in [2.45, 2.75) is 59.8 Å². The van der Waals surface area contributed by atoms with E-state index in [-0.39, 0.29) is 0 Å². The van der Waals surface area contributed by atoms with E-state index in [9.17, 15) is 0 Å². The molecule has 0 spiro atoms. The summed E-state index contributed by atoms with van der Waals surface area (Å²) in [7, 11) is 0. The Morgan fingerprint density at radius 1 is 0.458 bits per heavy atom. The van der Waals surface area contributed by atoms with Crippen molar-refractivity contribution in [2.75, 3.05) is 52.9 Å². The van der Waals surface area contributed by atoms with Gasteiger partial charge in [0.25, 0.3) is 0 Å². The van der Waals surface area contributed by atoms with Crippen LogP contribution in [0.2, 0.25) is 0 Å². The lowest BCUT2D eigenvalue weighted by atomic mass is 10.1. The van der Waals surface area contributed by atoms with Gasteiger partial charge in [0.05, 0.1) is 13.2 Å². The zero-order valence-electron chi connectivity index (χ0n) is 16.4. The van der Waals surface area contributed by atoms with Crippen molar-refractivity contribution in [1.82, 2.24) is 0 Å². The van der Waals surface area contributed by atoms with Gasteiger partial charge in [0, 0.05) is 33.0 Å². The minimum absolute atomic E-state index is 0.462. The van der Waals surface area contributed by atoms with Crippen LogP contribution >= 0.6 is 0 Å². The monoisotopic (exact) mass is 348 g/mol. The van der Waals surface area contributed by atoms with E-state index in [1.165, 1.54) is 6.42 Å². The van der Waals surface area contributed by atoms with Crippen molar-refractivity contribution in [3.05, 3.63) is 0 Å². The van der Waals surface area contributed by atoms with Crippen molar-refractivity contribution in [2.24, 2.45) is 11.8 Å². The Morgan fingerprint density at radius 2 is 0.958 bits per heavy atom. The molecule has 0 saturated carbocycles. The van der Waals surface area contributed by atoms with Gasteiger partial charge >= 0.3 is 0 Å². The molecule has 0 aliphatic rings. The molecule has 5 nitrogen and oxygen atoms in total. The van der Waals surface area contributed by atoms with E-state index in [2.05, 4.69) is 27.7 Å². The highest BCUT2D eigenvalue weighted by atomic mass is 17.2. The summed E-state index contributed by atoms with van der Waals surface area (Å²) in [5, 5.41) is 0. The maximum absolute atomic E-state index is 5.55. The molecule has 0 fully saturated rings. The van der Waals surface area contributed by atoms with E-state index in [1.54, 1.807) is 0 Å². The molecule has 0 aromatic carbocycles. The van der Waals surface area contributed by atoms with Crippen LogP contribution in [0.3, 0.4) is 0 Å². The van der Waals surface area contributed by atoms with E-state index >= 15 is 0 Å². The molecule has 5 heteroatoms. The molecule has 0 aromatic heterocycles. The van der Waals surface area contributed by atoms with E-state index in [4.69, 9.17) is 24.0 Å². The van der Waals surface area contributed by atoms with Crippen molar-refractivity contribution >= 4 is 0 Å². The molecular formula is C19H40O5. The lowest BCUT2D eigenvalue weighted by Gasteiger charge is -2.08. The molecule has 0 amide bonds. The molecule has 0 bridgehead atoms. The first-order chi connectivity index (χ1) is 11.6. The lowest BCUT2D eigenvalue weighted by Crippen LogP contribution is -2.09. The summed E-state index contributed by atoms with van der Waals surface area (Å²) in [6.07, 6.45) is 5.27. The molecule has 0 radical (unpaired) electrons. The quantitative estimate of drug-likeness (QED) is 0.198. The zero-order chi connectivity index (χ0) is 17.9. The van der Waals surface area contributed by atoms with Crippen LogP contribution in [0.1, 0.15) is 59.8 Å². The van der Waals surface area contributed by atoms with Crippen molar-refractivity contribution in [3.8, 4) is 0 Å². The molecule has 0 aromatic rings. The second kappa shape index (κ2) is 19.1. The van der Waals surface area contributed by atoms with Crippen LogP contribution in [0.5, 0.6) is 0 Å². The first-order valence-electron chi connectivity index (χ1n) is 9.60. The average Bonchev–Trinajstić information content (AvgIpc) is 2.53. The van der Waals surface area contributed by atoms with Gasteiger partial charge in [-0.2, -0.15) is 0 Å². The molecule has 146 valence electrons. The second-order valence-corrected chi connectivity index (χ2v) is 6.91. The van der Waals surface area contributed by atoms with Crippen LogP contribution in [-0.4, -0.2) is 52.9 Å². The fourth-order valence-electron chi connectivity index (χ4n) is 1.91. The predicted octanol–water partition coefficient (Wildman–Crippen LogP) is 4.25. The average molecular weight is 349 g/mol. The molecule has 0 heterocycles. The Labute approximate surface area is 149 Å². The number of ether oxygens (including phenoxy) is 3. The third-order valence-corrected chi connectivity index (χ3v) is 3.40. The van der Waals surface area contributed by atoms with Crippen LogP contribution < -0.4 is 0 Å². The third-order valence-electron chi connectivity index (χ3n) is 3.40. The van der Waals surface area contributed by atoms with Crippen LogP contribution in [0, 0.1) is 11.8 Å². The summed E-state index contributed by atoms with van der Waals surface area (Å²) < 4.78 is 16.5. The molecule has 0 atom stereocenters. The van der Waals surface area contributed by atoms with Crippen LogP contribution in [0.15, 0.2) is 0 Å². The molecule has 0 N–H and O–H groups in total. The highest BCUT2D eigenvalue weighted by Crippen LogP contribution is 2.03. The third kappa shape index (κ3) is 21.8. The largest absolute Gasteiger partial charge is 0.381 e. The summed E-state index contributed by atoms with van der Waals surface area (Å²) in [5.74, 6) is 1.46. The normalized spacial score (nSPS) is 11.8. The topological polar surface area (TPSA) is 46.2 Å². The van der Waals surface area contributed by atoms with Gasteiger partial charge in [0.1, 0.15) is 6.61 Å². The van der Waals surface area contributed by atoms with E-state index < -0.39 is 0 Å². The number of hydrogen-bond donors (Lipinski definition) is 0. The van der Waals surface area contributed by atoms with Crippen LogP contribution in [0.4, 0.5) is 0 Å². The Hall–Kier alpha value is -0.200. The molecular weight excluding hydrogens is 308 g/mol. The fourth-order valence-corrected chi connectivity index (χ4v) is 1.91. The fraction of sp³-hybridized carbons (Fsp3) is 1.00. The van der Waals surface area contributed by atoms with Gasteiger partial charge in [-0.15, -0.1) is 0 Å². The first kappa shape index (κ1) is 23.8. The molecule has 0 unspecified atom stereocenters. The maximum atomic E-state index is 5.55. The van der Waals surface area contributed by atoms with Gasteiger partial charge in [-0.3, -0.25) is 0 Å². The minimum atomic E-state index is 0.462. The van der Waals surface area contributed by atoms with Gasteiger partial charge in [-0.05, 0) is 43.9 Å². The molecule has 0 aliphatic heterocycles. The highest BCUT2D eigenvalue weighted by Gasteiger charge is 1.96. The van der Waals surface area contributed by atoms with Gasteiger partial charge in [0.2, 0.25) is 0 Å². The smallest absolute Gasteiger partial charge is 0.106 e. The highest BCUT2D eigenvalue weighted by molar-refractivity contribution is 4.45. The SMILES string of the molecule is CC(C)CCCOCCCOCCOOCCCOCCC(C)C. The number of rotatable bonds is 19. The van der Waals surface area contributed by atoms with Crippen LogP contribution in [-0.2, 0) is 24.0 Å². The van der Waals surface area contributed by atoms with E-state index in [0.717, 1.165) is 58.0 Å². The summed E-state index contributed by atoms with van der Waals surface area (Å²) in [4.78, 5) is 10.1. The van der Waals surface area contributed by atoms with E-state index in [1.807, 2.05) is 0 Å². The maximum Gasteiger partial charge on any atom is 0.106 e. The standard InChI is InChI=1S/C19H40O5/c1-18(2)8-5-10-20-11-6-12-22-16-17-24-23-14-7-13-21-15-9-19(3)4/h18-19H,5-17H2,1-4H3. The second-order valence-electron chi connectivity index (χ2n) is 6.91. The van der Waals surface area contributed by atoms with Crippen LogP contribution in [0.25, 0.3) is 0 Å².